The van der Waals surface area contributed by atoms with E-state index in [9.17, 15) is 14.4 Å². The van der Waals surface area contributed by atoms with E-state index in [0.29, 0.717) is 11.1 Å². The fourth-order valence-corrected chi connectivity index (χ4v) is 15.8. The van der Waals surface area contributed by atoms with Crippen LogP contribution in [0.5, 0.6) is 0 Å². The third-order valence-corrected chi connectivity index (χ3v) is 22.3. The van der Waals surface area contributed by atoms with Gasteiger partial charge in [0.15, 0.2) is 61.8 Å². The van der Waals surface area contributed by atoms with E-state index in [1.807, 2.05) is 127 Å². The first-order valence-electron chi connectivity index (χ1n) is 43.5. The smallest absolute Gasteiger partial charge is 0.407 e. The van der Waals surface area contributed by atoms with Crippen LogP contribution in [-0.4, -0.2) is 215 Å². The minimum Gasteiger partial charge on any atom is -0.459 e. The van der Waals surface area contributed by atoms with Gasteiger partial charge in [0.2, 0.25) is 3.79 Å². The molecular formula is C102H100Cl3NO29. The first-order chi connectivity index (χ1) is 65.6. The molecular weight excluding hydrogens is 1810 g/mol. The molecule has 20 unspecified atom stereocenters. The van der Waals surface area contributed by atoms with E-state index in [4.69, 9.17) is 134 Å². The van der Waals surface area contributed by atoms with Gasteiger partial charge in [-0.15, -0.1) is 0 Å². The largest absolute Gasteiger partial charge is 0.459 e. The number of amides is 1. The lowest BCUT2D eigenvalue weighted by atomic mass is 9.94. The number of alkyl halides is 3. The summed E-state index contributed by atoms with van der Waals surface area (Å²) in [7, 11) is 1.25. The fraction of sp³-hybridized carbons (Fsp3) is 0.333. The zero-order chi connectivity index (χ0) is 94.4. The van der Waals surface area contributed by atoms with Crippen LogP contribution in [0.25, 0.3) is 0 Å². The number of hydrogen-bond acceptors (Lipinski definition) is 29. The number of rotatable bonds is 40. The zero-order valence-corrected chi connectivity index (χ0v) is 75.7. The van der Waals surface area contributed by atoms with Gasteiger partial charge in [0.25, 0.3) is 0 Å². The number of carbonyl (C=O) groups is 8. The minimum absolute atomic E-state index is 0.0144. The summed E-state index contributed by atoms with van der Waals surface area (Å²) in [4.78, 5) is 119. The van der Waals surface area contributed by atoms with Crippen molar-refractivity contribution in [3.63, 3.8) is 0 Å². The van der Waals surface area contributed by atoms with Gasteiger partial charge in [-0.1, -0.05) is 277 Å². The van der Waals surface area contributed by atoms with E-state index in [2.05, 4.69) is 5.32 Å². The van der Waals surface area contributed by atoms with Crippen LogP contribution in [0.15, 0.2) is 303 Å². The summed E-state index contributed by atoms with van der Waals surface area (Å²) in [5.74, 6) is -7.11. The zero-order valence-electron chi connectivity index (χ0n) is 73.5. The summed E-state index contributed by atoms with van der Waals surface area (Å²) in [6, 6.07) is 82.6. The molecule has 4 aliphatic heterocycles. The molecule has 4 heterocycles. The maximum Gasteiger partial charge on any atom is 0.407 e. The Bertz CT molecular complexity index is 5390. The second-order valence-electron chi connectivity index (χ2n) is 31.6. The Labute approximate surface area is 793 Å². The van der Waals surface area contributed by atoms with Crippen molar-refractivity contribution < 1.29 is 138 Å². The third kappa shape index (κ3) is 28.4. The van der Waals surface area contributed by atoms with Gasteiger partial charge < -0.3 is 105 Å². The predicted molar refractivity (Wildman–Crippen MR) is 484 cm³/mol. The van der Waals surface area contributed by atoms with Crippen LogP contribution in [-0.2, 0) is 142 Å². The van der Waals surface area contributed by atoms with Crippen molar-refractivity contribution in [3.8, 4) is 0 Å². The van der Waals surface area contributed by atoms with E-state index in [0.717, 1.165) is 30.5 Å². The maximum absolute atomic E-state index is 15.7. The Balaban J connectivity index is 0.936. The van der Waals surface area contributed by atoms with Crippen molar-refractivity contribution in [1.82, 2.24) is 5.32 Å². The van der Waals surface area contributed by atoms with E-state index in [1.54, 1.807) is 115 Å². The van der Waals surface area contributed by atoms with Crippen LogP contribution < -0.4 is 5.32 Å². The SMILES string of the molecule is COC1OC(COCc2ccccc2)C(OC2OC(COC3OC(COC(=O)c4ccccc4)C(OC4OC(COCc5ccccc5)C(OCc5ccccc5)C(OCc5ccccc5)C4OCc4ccccc4)C(OC(=O)c4ccccc4)C3NC(=O)OCC(Cl)(Cl)Cl)C(OC(=O)c3ccccc3)C(OC(=O)c3ccccc3)C2OC(=O)c2ccccc2)C(OC(C)=O)C1OC(C)=O. The summed E-state index contributed by atoms with van der Waals surface area (Å²) < 4.78 is 139. The molecule has 0 radical (unpaired) electrons. The molecule has 0 spiro atoms. The number of hydrogen-bond donors (Lipinski definition) is 1. The van der Waals surface area contributed by atoms with Crippen molar-refractivity contribution in [2.24, 2.45) is 0 Å². The van der Waals surface area contributed by atoms with Crippen molar-refractivity contribution in [2.75, 3.05) is 40.1 Å². The molecule has 33 heteroatoms. The van der Waals surface area contributed by atoms with Crippen LogP contribution in [0, 0.1) is 0 Å². The second kappa shape index (κ2) is 49.6. The molecule has 708 valence electrons. The highest BCUT2D eigenvalue weighted by atomic mass is 35.6. The molecule has 4 saturated heterocycles. The van der Waals surface area contributed by atoms with Crippen molar-refractivity contribution >= 4 is 82.7 Å². The van der Waals surface area contributed by atoms with Crippen LogP contribution in [0.1, 0.15) is 93.5 Å². The van der Waals surface area contributed by atoms with Gasteiger partial charge in [-0.25, -0.2) is 28.8 Å². The predicted octanol–water partition coefficient (Wildman–Crippen LogP) is 14.6. The lowest BCUT2D eigenvalue weighted by Crippen LogP contribution is -2.69. The average Bonchev–Trinajstić information content (AvgIpc) is 0.757. The maximum atomic E-state index is 15.7. The van der Waals surface area contributed by atoms with Gasteiger partial charge in [-0.3, -0.25) is 9.59 Å². The third-order valence-electron chi connectivity index (χ3n) is 22.0. The van der Waals surface area contributed by atoms with Crippen LogP contribution >= 0.6 is 34.8 Å². The van der Waals surface area contributed by atoms with E-state index in [-0.39, 0.29) is 67.5 Å². The normalized spacial score (nSPS) is 24.9. The highest BCUT2D eigenvalue weighted by molar-refractivity contribution is 6.67. The molecule has 0 aromatic heterocycles. The fourth-order valence-electron chi connectivity index (χ4n) is 15.6. The molecule has 0 saturated carbocycles. The van der Waals surface area contributed by atoms with Crippen molar-refractivity contribution in [3.05, 3.63) is 359 Å². The lowest BCUT2D eigenvalue weighted by molar-refractivity contribution is -0.369. The van der Waals surface area contributed by atoms with Crippen molar-refractivity contribution in [2.45, 2.75) is 173 Å². The van der Waals surface area contributed by atoms with Crippen LogP contribution in [0.3, 0.4) is 0 Å². The number of halogens is 3. The molecule has 0 bridgehead atoms. The topological polar surface area (TPSA) is 342 Å². The van der Waals surface area contributed by atoms with Crippen LogP contribution in [0.4, 0.5) is 4.79 Å². The standard InChI is InChI=1S/C102H100Cl3NO29/c1-64(107)124-87-84(77(60-117-55-67-36-16-5-17-37-67)127-98(115-3)90(87)125-65(2)108)135-100-91(133-96(113)75-52-32-13-33-53-75)88(132-95(112)74-50-30-12-31-51-74)83(130-93(110)72-46-26-10-27-47-72)79(129-100)62-122-97-80(106-101(114)123-63-102(103,104)105)85(131-94(111)73-48-28-11-29-49-73)82(78(126-97)61-121-92(109)71-44-24-9-25-45-71)134-99-89(120-58-70-42-22-8-23-43-70)86(119-57-69-40-20-7-21-41-69)81(118-56-68-38-18-6-19-39-68)76(128-99)59-116-54-66-34-14-4-15-35-66/h4-53,76-91,97-100H,54-63H2,1-3H3,(H,106,114). The van der Waals surface area contributed by atoms with Gasteiger partial charge in [-0.2, -0.15) is 0 Å². The molecule has 4 aliphatic rings. The quantitative estimate of drug-likeness (QED) is 0.0212. The van der Waals surface area contributed by atoms with E-state index in [1.165, 1.54) is 67.8 Å². The number of methoxy groups -OCH3 is 1. The highest BCUT2D eigenvalue weighted by Crippen LogP contribution is 2.41. The molecule has 10 aromatic carbocycles. The summed E-state index contributed by atoms with van der Waals surface area (Å²) >= 11 is 19.0. The van der Waals surface area contributed by atoms with E-state index < -0.39 is 201 Å². The van der Waals surface area contributed by atoms with Gasteiger partial charge in [-0.05, 0) is 88.5 Å². The Morgan fingerprint density at radius 1 is 0.289 bits per heavy atom. The second-order valence-corrected chi connectivity index (χ2v) is 34.2. The summed E-state index contributed by atoms with van der Waals surface area (Å²) in [5.41, 5.74) is 3.49. The number of carbonyl (C=O) groups excluding carboxylic acids is 8. The van der Waals surface area contributed by atoms with Crippen LogP contribution in [0.2, 0.25) is 0 Å². The summed E-state index contributed by atoms with van der Waals surface area (Å²) in [5, 5.41) is 2.74. The Hall–Kier alpha value is -11.9. The van der Waals surface area contributed by atoms with Gasteiger partial charge in [0.1, 0.15) is 74.2 Å². The monoisotopic (exact) mass is 1910 g/mol. The Kier molecular flexibility index (Phi) is 36.4. The Morgan fingerprint density at radius 3 is 1.01 bits per heavy atom. The Morgan fingerprint density at radius 2 is 0.593 bits per heavy atom. The highest BCUT2D eigenvalue weighted by Gasteiger charge is 2.61. The molecule has 14 rings (SSSR count). The number of ether oxygens (including phenoxy) is 21. The minimum atomic E-state index is -2.27. The number of benzene rings is 10. The molecule has 1 amide bonds. The van der Waals surface area contributed by atoms with E-state index >= 15 is 24.0 Å². The van der Waals surface area contributed by atoms with Gasteiger partial charge >= 0.3 is 47.9 Å². The number of nitrogens with one attached hydrogen (secondary N) is 1. The number of esters is 7. The molecule has 10 aromatic rings. The summed E-state index contributed by atoms with van der Waals surface area (Å²) in [6.07, 6.45) is -34.6. The van der Waals surface area contributed by atoms with Gasteiger partial charge in [0, 0.05) is 21.0 Å². The molecule has 20 atom stereocenters. The summed E-state index contributed by atoms with van der Waals surface area (Å²) in [6.45, 7) is -1.39. The van der Waals surface area contributed by atoms with Crippen molar-refractivity contribution in [1.29, 1.82) is 0 Å². The molecule has 135 heavy (non-hydrogen) atoms. The molecule has 4 fully saturated rings. The number of alkyl carbamates (subject to hydrolysis) is 1. The van der Waals surface area contributed by atoms with Gasteiger partial charge in [0.05, 0.1) is 80.7 Å². The molecule has 1 N–H and O–H groups in total. The first-order valence-corrected chi connectivity index (χ1v) is 44.7. The lowest BCUT2D eigenvalue weighted by Gasteiger charge is -2.50. The first kappa shape index (κ1) is 99.1. The average molecular weight is 1910 g/mol. The molecule has 30 nitrogen and oxygen atoms in total. The molecule has 0 aliphatic carbocycles.